The standard InChI is InChI=1S/C21H33N3O6/c1-13(2)11-17(20(27)28)23-18(25)15(4)24(5)19(26)14(3)22-21(29)30-12-16-9-7-6-8-10-16/h6-10,13-15,17,20,27-28H,11-12H2,1-5H3,(H,22,29)(H,23,25)/t14-,15-,17-/m0/s1. The van der Waals surface area contributed by atoms with E-state index in [1.165, 1.54) is 25.8 Å². The van der Waals surface area contributed by atoms with Crippen molar-refractivity contribution in [1.29, 1.82) is 0 Å². The van der Waals surface area contributed by atoms with E-state index in [1.807, 2.05) is 44.2 Å². The molecule has 3 amide bonds. The van der Waals surface area contributed by atoms with Crippen LogP contribution < -0.4 is 10.6 Å². The van der Waals surface area contributed by atoms with Gasteiger partial charge in [0.2, 0.25) is 11.8 Å². The van der Waals surface area contributed by atoms with Crippen molar-refractivity contribution in [1.82, 2.24) is 15.5 Å². The predicted octanol–water partition coefficient (Wildman–Crippen LogP) is 0.990. The molecule has 168 valence electrons. The highest BCUT2D eigenvalue weighted by molar-refractivity contribution is 5.90. The summed E-state index contributed by atoms with van der Waals surface area (Å²) in [5, 5.41) is 23.9. The first kappa shape index (κ1) is 25.4. The minimum Gasteiger partial charge on any atom is -0.445 e. The van der Waals surface area contributed by atoms with Crippen molar-refractivity contribution < 1.29 is 29.3 Å². The van der Waals surface area contributed by atoms with Gasteiger partial charge in [-0.25, -0.2) is 4.79 Å². The van der Waals surface area contributed by atoms with Crippen LogP contribution in [0.3, 0.4) is 0 Å². The van der Waals surface area contributed by atoms with Crippen molar-refractivity contribution in [2.75, 3.05) is 7.05 Å². The van der Waals surface area contributed by atoms with Gasteiger partial charge in [0, 0.05) is 7.05 Å². The largest absolute Gasteiger partial charge is 0.445 e. The van der Waals surface area contributed by atoms with E-state index in [2.05, 4.69) is 10.6 Å². The average molecular weight is 424 g/mol. The summed E-state index contributed by atoms with van der Waals surface area (Å²) in [5.74, 6) is -0.874. The Labute approximate surface area is 177 Å². The van der Waals surface area contributed by atoms with E-state index >= 15 is 0 Å². The monoisotopic (exact) mass is 423 g/mol. The molecule has 0 unspecified atom stereocenters. The number of benzene rings is 1. The number of aliphatic hydroxyl groups is 2. The van der Waals surface area contributed by atoms with Crippen LogP contribution in [0.5, 0.6) is 0 Å². The molecule has 0 aliphatic heterocycles. The number of alkyl carbamates (subject to hydrolysis) is 1. The quantitative estimate of drug-likeness (QED) is 0.416. The van der Waals surface area contributed by atoms with Crippen molar-refractivity contribution in [3.63, 3.8) is 0 Å². The van der Waals surface area contributed by atoms with E-state index in [-0.39, 0.29) is 12.5 Å². The van der Waals surface area contributed by atoms with Crippen LogP contribution in [0.2, 0.25) is 0 Å². The second-order valence-electron chi connectivity index (χ2n) is 7.71. The lowest BCUT2D eigenvalue weighted by atomic mass is 10.0. The summed E-state index contributed by atoms with van der Waals surface area (Å²) in [5.41, 5.74) is 0.816. The molecule has 4 N–H and O–H groups in total. The molecule has 0 spiro atoms. The molecule has 1 rings (SSSR count). The Bertz CT molecular complexity index is 695. The Morgan fingerprint density at radius 1 is 1.03 bits per heavy atom. The van der Waals surface area contributed by atoms with Crippen LogP contribution in [0.1, 0.15) is 39.7 Å². The molecule has 0 aromatic heterocycles. The first-order chi connectivity index (χ1) is 14.0. The molecular weight excluding hydrogens is 390 g/mol. The number of amides is 3. The average Bonchev–Trinajstić information content (AvgIpc) is 2.70. The number of hydrogen-bond donors (Lipinski definition) is 4. The number of ether oxygens (including phenoxy) is 1. The summed E-state index contributed by atoms with van der Waals surface area (Å²) in [6.45, 7) is 6.87. The third kappa shape index (κ3) is 8.38. The van der Waals surface area contributed by atoms with Crippen LogP contribution >= 0.6 is 0 Å². The van der Waals surface area contributed by atoms with Gasteiger partial charge in [0.1, 0.15) is 18.7 Å². The summed E-state index contributed by atoms with van der Waals surface area (Å²) in [6.07, 6.45) is -2.07. The maximum atomic E-state index is 12.6. The Morgan fingerprint density at radius 3 is 2.17 bits per heavy atom. The van der Waals surface area contributed by atoms with Gasteiger partial charge >= 0.3 is 6.09 Å². The predicted molar refractivity (Wildman–Crippen MR) is 111 cm³/mol. The lowest BCUT2D eigenvalue weighted by Crippen LogP contribution is -2.55. The molecular formula is C21H33N3O6. The number of rotatable bonds is 10. The Balaban J connectivity index is 2.57. The van der Waals surface area contributed by atoms with Gasteiger partial charge in [-0.05, 0) is 31.7 Å². The van der Waals surface area contributed by atoms with Gasteiger partial charge in [0.05, 0.1) is 6.04 Å². The molecule has 9 nitrogen and oxygen atoms in total. The van der Waals surface area contributed by atoms with E-state index in [0.29, 0.717) is 6.42 Å². The molecule has 0 saturated heterocycles. The van der Waals surface area contributed by atoms with Crippen molar-refractivity contribution in [2.45, 2.75) is 65.1 Å². The maximum absolute atomic E-state index is 12.6. The van der Waals surface area contributed by atoms with E-state index < -0.39 is 42.3 Å². The topological polar surface area (TPSA) is 128 Å². The summed E-state index contributed by atoms with van der Waals surface area (Å²) >= 11 is 0. The highest BCUT2D eigenvalue weighted by Gasteiger charge is 2.29. The van der Waals surface area contributed by atoms with Crippen LogP contribution in [-0.2, 0) is 20.9 Å². The maximum Gasteiger partial charge on any atom is 0.408 e. The molecule has 0 heterocycles. The van der Waals surface area contributed by atoms with Gasteiger partial charge in [0.25, 0.3) is 0 Å². The molecule has 0 aliphatic rings. The van der Waals surface area contributed by atoms with Gasteiger partial charge in [-0.2, -0.15) is 0 Å². The van der Waals surface area contributed by atoms with E-state index in [9.17, 15) is 24.6 Å². The van der Waals surface area contributed by atoms with Gasteiger partial charge < -0.3 is 30.5 Å². The fourth-order valence-corrected chi connectivity index (χ4v) is 2.74. The number of carbonyl (C=O) groups excluding carboxylic acids is 3. The highest BCUT2D eigenvalue weighted by Crippen LogP contribution is 2.09. The number of nitrogens with one attached hydrogen (secondary N) is 2. The normalized spacial score (nSPS) is 14.0. The minimum absolute atomic E-state index is 0.0724. The number of likely N-dealkylation sites (N-methyl/N-ethyl adjacent to an activating group) is 1. The fraction of sp³-hybridized carbons (Fsp3) is 0.571. The summed E-state index contributed by atoms with van der Waals surface area (Å²) in [4.78, 5) is 38.2. The first-order valence-electron chi connectivity index (χ1n) is 9.93. The second-order valence-corrected chi connectivity index (χ2v) is 7.71. The van der Waals surface area contributed by atoms with Gasteiger partial charge in [0.15, 0.2) is 6.29 Å². The van der Waals surface area contributed by atoms with Crippen LogP contribution in [0.25, 0.3) is 0 Å². The molecule has 0 bridgehead atoms. The summed E-state index contributed by atoms with van der Waals surface area (Å²) in [6, 6.07) is 6.49. The second kappa shape index (κ2) is 12.1. The van der Waals surface area contributed by atoms with Crippen molar-refractivity contribution in [3.8, 4) is 0 Å². The van der Waals surface area contributed by atoms with Crippen LogP contribution in [0, 0.1) is 5.92 Å². The van der Waals surface area contributed by atoms with Gasteiger partial charge in [-0.3, -0.25) is 9.59 Å². The molecule has 0 saturated carbocycles. The van der Waals surface area contributed by atoms with E-state index in [1.54, 1.807) is 0 Å². The SMILES string of the molecule is CC(C)C[C@H](NC(=O)[C@H](C)N(C)C(=O)[C@H](C)NC(=O)OCc1ccccc1)C(O)O. The zero-order chi connectivity index (χ0) is 22.8. The van der Waals surface area contributed by atoms with Crippen molar-refractivity contribution >= 4 is 17.9 Å². The third-order valence-corrected chi connectivity index (χ3v) is 4.64. The summed E-state index contributed by atoms with van der Waals surface area (Å²) < 4.78 is 5.10. The van der Waals surface area contributed by atoms with Crippen LogP contribution in [-0.4, -0.2) is 64.5 Å². The van der Waals surface area contributed by atoms with E-state index in [0.717, 1.165) is 5.56 Å². The highest BCUT2D eigenvalue weighted by atomic mass is 16.5. The third-order valence-electron chi connectivity index (χ3n) is 4.64. The molecule has 3 atom stereocenters. The zero-order valence-corrected chi connectivity index (χ0v) is 18.2. The van der Waals surface area contributed by atoms with Crippen LogP contribution in [0.15, 0.2) is 30.3 Å². The molecule has 9 heteroatoms. The number of hydrogen-bond acceptors (Lipinski definition) is 6. The minimum atomic E-state index is -1.70. The lowest BCUT2D eigenvalue weighted by molar-refractivity contribution is -0.141. The molecule has 0 radical (unpaired) electrons. The molecule has 30 heavy (non-hydrogen) atoms. The van der Waals surface area contributed by atoms with Crippen LogP contribution in [0.4, 0.5) is 4.79 Å². The Morgan fingerprint density at radius 2 is 1.63 bits per heavy atom. The molecule has 0 aliphatic carbocycles. The number of nitrogens with zero attached hydrogens (tertiary/aromatic N) is 1. The number of aliphatic hydroxyl groups excluding tert-OH is 1. The molecule has 1 aromatic rings. The van der Waals surface area contributed by atoms with Crippen molar-refractivity contribution in [3.05, 3.63) is 35.9 Å². The van der Waals surface area contributed by atoms with E-state index in [4.69, 9.17) is 4.74 Å². The smallest absolute Gasteiger partial charge is 0.408 e. The fourth-order valence-electron chi connectivity index (χ4n) is 2.74. The lowest BCUT2D eigenvalue weighted by Gasteiger charge is -2.29. The number of carbonyl (C=O) groups is 3. The zero-order valence-electron chi connectivity index (χ0n) is 18.2. The molecule has 0 fully saturated rings. The van der Waals surface area contributed by atoms with Gasteiger partial charge in [-0.15, -0.1) is 0 Å². The molecule has 1 aromatic carbocycles. The van der Waals surface area contributed by atoms with Gasteiger partial charge in [-0.1, -0.05) is 44.2 Å². The Kier molecular flexibility index (Phi) is 10.3. The Hall–Kier alpha value is -2.65. The first-order valence-corrected chi connectivity index (χ1v) is 9.93. The van der Waals surface area contributed by atoms with Crippen molar-refractivity contribution in [2.24, 2.45) is 5.92 Å². The summed E-state index contributed by atoms with van der Waals surface area (Å²) in [7, 11) is 1.44.